The van der Waals surface area contributed by atoms with Crippen molar-refractivity contribution in [2.45, 2.75) is 30.5 Å². The Labute approximate surface area is 166 Å². The lowest BCUT2D eigenvalue weighted by Gasteiger charge is -2.23. The SMILES string of the molecule is CC1Cc2cc(S(=O)(=O)NCCOc3ccccc3)ccc2N1C(=O)C(F)(F)F. The van der Waals surface area contributed by atoms with Crippen molar-refractivity contribution in [1.82, 2.24) is 4.72 Å². The van der Waals surface area contributed by atoms with E-state index in [0.717, 1.165) is 0 Å². The molecule has 0 bridgehead atoms. The lowest BCUT2D eigenvalue weighted by molar-refractivity contribution is -0.170. The Kier molecular flexibility index (Phi) is 5.85. The summed E-state index contributed by atoms with van der Waals surface area (Å²) < 4.78 is 71.2. The van der Waals surface area contributed by atoms with E-state index in [-0.39, 0.29) is 30.2 Å². The van der Waals surface area contributed by atoms with E-state index in [9.17, 15) is 26.4 Å². The van der Waals surface area contributed by atoms with Crippen LogP contribution in [0.4, 0.5) is 18.9 Å². The molecule has 0 spiro atoms. The van der Waals surface area contributed by atoms with Crippen LogP contribution in [-0.4, -0.2) is 39.7 Å². The number of sulfonamides is 1. The molecule has 156 valence electrons. The number of nitrogens with one attached hydrogen (secondary N) is 1. The number of benzene rings is 2. The molecule has 0 saturated heterocycles. The van der Waals surface area contributed by atoms with Crippen LogP contribution in [0.3, 0.4) is 0 Å². The van der Waals surface area contributed by atoms with Crippen LogP contribution in [0, 0.1) is 0 Å². The Balaban J connectivity index is 1.69. The van der Waals surface area contributed by atoms with Crippen LogP contribution in [0.5, 0.6) is 5.75 Å². The molecule has 1 atom stereocenters. The number of para-hydroxylation sites is 1. The average molecular weight is 428 g/mol. The summed E-state index contributed by atoms with van der Waals surface area (Å²) in [4.78, 5) is 12.3. The lowest BCUT2D eigenvalue weighted by Crippen LogP contribution is -2.44. The van der Waals surface area contributed by atoms with Crippen LogP contribution in [0.2, 0.25) is 0 Å². The summed E-state index contributed by atoms with van der Waals surface area (Å²) in [7, 11) is -3.88. The fourth-order valence-corrected chi connectivity index (χ4v) is 4.23. The number of nitrogens with zero attached hydrogens (tertiary/aromatic N) is 1. The van der Waals surface area contributed by atoms with Gasteiger partial charge in [0.2, 0.25) is 10.0 Å². The number of halogens is 3. The van der Waals surface area contributed by atoms with Crippen LogP contribution < -0.4 is 14.4 Å². The quantitative estimate of drug-likeness (QED) is 0.718. The second kappa shape index (κ2) is 8.03. The van der Waals surface area contributed by atoms with Gasteiger partial charge in [0.25, 0.3) is 0 Å². The standard InChI is InChI=1S/C19H19F3N2O4S/c1-13-11-14-12-16(7-8-17(14)24(13)18(25)19(20,21)22)29(26,27)23-9-10-28-15-5-3-2-4-6-15/h2-8,12-13,23H,9-11H2,1H3. The molecule has 0 radical (unpaired) electrons. The minimum atomic E-state index is -5.00. The Morgan fingerprint density at radius 3 is 2.55 bits per heavy atom. The second-order valence-corrected chi connectivity index (χ2v) is 8.34. The zero-order valence-corrected chi connectivity index (χ0v) is 16.3. The van der Waals surface area contributed by atoms with Gasteiger partial charge in [0, 0.05) is 18.3 Å². The number of carbonyl (C=O) groups is 1. The maximum Gasteiger partial charge on any atom is 0.471 e. The summed E-state index contributed by atoms with van der Waals surface area (Å²) in [5.74, 6) is -1.36. The van der Waals surface area contributed by atoms with Gasteiger partial charge in [-0.05, 0) is 49.2 Å². The number of fused-ring (bicyclic) bond motifs is 1. The van der Waals surface area contributed by atoms with Crippen LogP contribution in [0.15, 0.2) is 53.4 Å². The predicted molar refractivity (Wildman–Crippen MR) is 100 cm³/mol. The van der Waals surface area contributed by atoms with Gasteiger partial charge in [-0.3, -0.25) is 4.79 Å². The molecule has 0 fully saturated rings. The molecule has 0 saturated carbocycles. The van der Waals surface area contributed by atoms with Crippen molar-refractivity contribution >= 4 is 21.6 Å². The summed E-state index contributed by atoms with van der Waals surface area (Å²) >= 11 is 0. The summed E-state index contributed by atoms with van der Waals surface area (Å²) in [6.07, 6.45) is -4.86. The fraction of sp³-hybridized carbons (Fsp3) is 0.316. The van der Waals surface area contributed by atoms with Gasteiger partial charge >= 0.3 is 12.1 Å². The van der Waals surface area contributed by atoms with Gasteiger partial charge in [0.05, 0.1) is 4.90 Å². The first kappa shape index (κ1) is 21.1. The summed E-state index contributed by atoms with van der Waals surface area (Å²) in [6, 6.07) is 11.9. The van der Waals surface area contributed by atoms with Gasteiger partial charge < -0.3 is 9.64 Å². The Hall–Kier alpha value is -2.59. The van der Waals surface area contributed by atoms with E-state index >= 15 is 0 Å². The third-order valence-corrected chi connectivity index (χ3v) is 5.90. The summed E-state index contributed by atoms with van der Waals surface area (Å²) in [5, 5.41) is 0. The molecule has 0 aromatic heterocycles. The highest BCUT2D eigenvalue weighted by molar-refractivity contribution is 7.89. The number of rotatable bonds is 6. The zero-order chi connectivity index (χ0) is 21.2. The molecule has 1 amide bonds. The molecule has 1 heterocycles. The van der Waals surface area contributed by atoms with E-state index in [4.69, 9.17) is 4.74 Å². The van der Waals surface area contributed by atoms with E-state index in [1.807, 2.05) is 6.07 Å². The van der Waals surface area contributed by atoms with Crippen LogP contribution >= 0.6 is 0 Å². The molecule has 1 N–H and O–H groups in total. The molecule has 29 heavy (non-hydrogen) atoms. The lowest BCUT2D eigenvalue weighted by atomic mass is 10.1. The number of hydrogen-bond acceptors (Lipinski definition) is 4. The molecule has 2 aromatic carbocycles. The Morgan fingerprint density at radius 1 is 1.21 bits per heavy atom. The molecular formula is C19H19F3N2O4S. The molecular weight excluding hydrogens is 409 g/mol. The van der Waals surface area contributed by atoms with Crippen molar-refractivity contribution in [2.75, 3.05) is 18.1 Å². The number of hydrogen-bond donors (Lipinski definition) is 1. The monoisotopic (exact) mass is 428 g/mol. The molecule has 6 nitrogen and oxygen atoms in total. The number of amides is 1. The number of anilines is 1. The molecule has 0 aliphatic carbocycles. The minimum Gasteiger partial charge on any atom is -0.492 e. The van der Waals surface area contributed by atoms with Crippen LogP contribution in [0.25, 0.3) is 0 Å². The van der Waals surface area contributed by atoms with Crippen molar-refractivity contribution in [3.05, 3.63) is 54.1 Å². The molecule has 2 aromatic rings. The first-order valence-corrected chi connectivity index (χ1v) is 10.3. The van der Waals surface area contributed by atoms with Gasteiger partial charge in [-0.25, -0.2) is 13.1 Å². The van der Waals surface area contributed by atoms with Crippen molar-refractivity contribution in [3.63, 3.8) is 0 Å². The molecule has 1 aliphatic rings. The third-order valence-electron chi connectivity index (χ3n) is 4.44. The number of carbonyl (C=O) groups excluding carboxylic acids is 1. The first-order chi connectivity index (χ1) is 13.6. The van der Waals surface area contributed by atoms with Crippen molar-refractivity contribution in [1.29, 1.82) is 0 Å². The number of ether oxygens (including phenoxy) is 1. The van der Waals surface area contributed by atoms with E-state index in [2.05, 4.69) is 4.72 Å². The highest BCUT2D eigenvalue weighted by Gasteiger charge is 2.47. The fourth-order valence-electron chi connectivity index (χ4n) is 3.17. The predicted octanol–water partition coefficient (Wildman–Crippen LogP) is 2.88. The van der Waals surface area contributed by atoms with Crippen molar-refractivity contribution in [2.24, 2.45) is 0 Å². The van der Waals surface area contributed by atoms with Gasteiger partial charge in [0.15, 0.2) is 0 Å². The number of alkyl halides is 3. The maximum atomic E-state index is 12.8. The van der Waals surface area contributed by atoms with Crippen molar-refractivity contribution < 1.29 is 31.1 Å². The van der Waals surface area contributed by atoms with E-state index < -0.39 is 28.1 Å². The maximum absolute atomic E-state index is 12.8. The topological polar surface area (TPSA) is 75.7 Å². The largest absolute Gasteiger partial charge is 0.492 e. The highest BCUT2D eigenvalue weighted by Crippen LogP contribution is 2.36. The van der Waals surface area contributed by atoms with Gasteiger partial charge in [-0.2, -0.15) is 13.2 Å². The molecule has 1 unspecified atom stereocenters. The van der Waals surface area contributed by atoms with Gasteiger partial charge in [-0.15, -0.1) is 0 Å². The third kappa shape index (κ3) is 4.70. The molecule has 1 aliphatic heterocycles. The highest BCUT2D eigenvalue weighted by atomic mass is 32.2. The average Bonchev–Trinajstić information content (AvgIpc) is 2.99. The minimum absolute atomic E-state index is 0.0173. The first-order valence-electron chi connectivity index (χ1n) is 8.80. The normalized spacial score (nSPS) is 16.6. The van der Waals surface area contributed by atoms with Crippen LogP contribution in [0.1, 0.15) is 12.5 Å². The van der Waals surface area contributed by atoms with E-state index in [1.54, 1.807) is 24.3 Å². The summed E-state index contributed by atoms with van der Waals surface area (Å²) in [5.41, 5.74) is 0.449. The van der Waals surface area contributed by atoms with Crippen LogP contribution in [-0.2, 0) is 21.2 Å². The van der Waals surface area contributed by atoms with Gasteiger partial charge in [-0.1, -0.05) is 18.2 Å². The summed E-state index contributed by atoms with van der Waals surface area (Å²) in [6.45, 7) is 1.61. The Bertz CT molecular complexity index is 994. The smallest absolute Gasteiger partial charge is 0.471 e. The molecule has 3 rings (SSSR count). The van der Waals surface area contributed by atoms with E-state index in [0.29, 0.717) is 16.2 Å². The zero-order valence-electron chi connectivity index (χ0n) is 15.4. The Morgan fingerprint density at radius 2 is 1.90 bits per heavy atom. The molecule has 10 heteroatoms. The van der Waals surface area contributed by atoms with Crippen molar-refractivity contribution in [3.8, 4) is 5.75 Å². The van der Waals surface area contributed by atoms with E-state index in [1.165, 1.54) is 25.1 Å². The van der Waals surface area contributed by atoms with Gasteiger partial charge in [0.1, 0.15) is 12.4 Å². The second-order valence-electron chi connectivity index (χ2n) is 6.58.